The molecule has 0 saturated carbocycles. The van der Waals surface area contributed by atoms with Gasteiger partial charge in [0.1, 0.15) is 0 Å². The summed E-state index contributed by atoms with van der Waals surface area (Å²) in [6, 6.07) is 10.3. The lowest BCUT2D eigenvalue weighted by atomic mass is 9.90. The molecule has 1 aliphatic rings. The van der Waals surface area contributed by atoms with E-state index in [-0.39, 0.29) is 12.4 Å². The molecule has 82 valence electrons. The van der Waals surface area contributed by atoms with Crippen LogP contribution in [0.1, 0.15) is 11.1 Å². The Hall–Kier alpha value is -1.12. The van der Waals surface area contributed by atoms with Crippen molar-refractivity contribution in [1.82, 2.24) is 10.2 Å². The molecule has 0 N–H and O–H groups in total. The zero-order chi connectivity index (χ0) is 10.3. The number of hydrogen-bond donors (Lipinski definition) is 0. The minimum absolute atomic E-state index is 0. The number of hydrogen-bond acceptors (Lipinski definition) is 2. The van der Waals surface area contributed by atoms with E-state index >= 15 is 0 Å². The zero-order valence-electron chi connectivity index (χ0n) is 8.48. The van der Waals surface area contributed by atoms with Crippen molar-refractivity contribution < 1.29 is 0 Å². The number of halogens is 2. The normalized spacial score (nSPS) is 12.3. The molecule has 0 atom stereocenters. The highest BCUT2D eigenvalue weighted by Crippen LogP contribution is 2.31. The number of aromatic nitrogens is 2. The molecule has 0 unspecified atom stereocenters. The lowest BCUT2D eigenvalue weighted by Gasteiger charge is -2.17. The summed E-state index contributed by atoms with van der Waals surface area (Å²) < 4.78 is 0. The quantitative estimate of drug-likeness (QED) is 0.719. The van der Waals surface area contributed by atoms with Crippen LogP contribution in [0.5, 0.6) is 0 Å². The third kappa shape index (κ3) is 1.79. The van der Waals surface area contributed by atoms with Crippen LogP contribution in [0.4, 0.5) is 0 Å². The van der Waals surface area contributed by atoms with Gasteiger partial charge in [0.2, 0.25) is 0 Å². The van der Waals surface area contributed by atoms with Crippen LogP contribution in [0.2, 0.25) is 5.15 Å². The molecule has 1 aromatic carbocycles. The summed E-state index contributed by atoms with van der Waals surface area (Å²) >= 11 is 5.83. The van der Waals surface area contributed by atoms with Gasteiger partial charge in [-0.1, -0.05) is 35.9 Å². The molecule has 0 saturated heterocycles. The monoisotopic (exact) mass is 252 g/mol. The van der Waals surface area contributed by atoms with E-state index in [1.54, 1.807) is 0 Å². The Morgan fingerprint density at radius 3 is 2.62 bits per heavy atom. The highest BCUT2D eigenvalue weighted by molar-refractivity contribution is 6.29. The van der Waals surface area contributed by atoms with Crippen molar-refractivity contribution in [1.29, 1.82) is 0 Å². The summed E-state index contributed by atoms with van der Waals surface area (Å²) in [6.45, 7) is 0. The summed E-state index contributed by atoms with van der Waals surface area (Å²) in [5.74, 6) is 0. The Morgan fingerprint density at radius 2 is 1.75 bits per heavy atom. The second kappa shape index (κ2) is 4.40. The Morgan fingerprint density at radius 1 is 1.00 bits per heavy atom. The van der Waals surface area contributed by atoms with Crippen LogP contribution in [0.3, 0.4) is 0 Å². The van der Waals surface area contributed by atoms with Crippen LogP contribution in [0.15, 0.2) is 30.3 Å². The molecule has 0 fully saturated rings. The molecule has 2 aromatic rings. The molecule has 3 rings (SSSR count). The lowest BCUT2D eigenvalue weighted by molar-refractivity contribution is 0.896. The van der Waals surface area contributed by atoms with Crippen LogP contribution in [-0.2, 0) is 12.8 Å². The topological polar surface area (TPSA) is 25.8 Å². The molecule has 0 spiro atoms. The van der Waals surface area contributed by atoms with E-state index in [1.807, 2.05) is 12.1 Å². The number of nitrogens with zero attached hydrogens (tertiary/aromatic N) is 2. The average Bonchev–Trinajstić information content (AvgIpc) is 2.28. The maximum Gasteiger partial charge on any atom is 0.152 e. The third-order valence-corrected chi connectivity index (χ3v) is 2.96. The first-order valence-electron chi connectivity index (χ1n) is 4.95. The van der Waals surface area contributed by atoms with Crippen molar-refractivity contribution in [3.8, 4) is 11.3 Å². The SMILES string of the molecule is Cl.Clc1cc2c(nn1)-c1ccccc1CC2. The van der Waals surface area contributed by atoms with Crippen LogP contribution in [-0.4, -0.2) is 10.2 Å². The van der Waals surface area contributed by atoms with E-state index < -0.39 is 0 Å². The van der Waals surface area contributed by atoms with Gasteiger partial charge in [-0.05, 0) is 30.0 Å². The molecule has 0 aliphatic heterocycles. The summed E-state index contributed by atoms with van der Waals surface area (Å²) in [4.78, 5) is 0. The van der Waals surface area contributed by atoms with Gasteiger partial charge in [-0.3, -0.25) is 0 Å². The molecular formula is C12H10Cl2N2. The van der Waals surface area contributed by atoms with E-state index in [0.717, 1.165) is 18.5 Å². The Balaban J connectivity index is 0.000000963. The highest BCUT2D eigenvalue weighted by atomic mass is 35.5. The van der Waals surface area contributed by atoms with Gasteiger partial charge in [-0.25, -0.2) is 0 Å². The predicted octanol–water partition coefficient (Wildman–Crippen LogP) is 3.32. The fourth-order valence-corrected chi connectivity index (χ4v) is 2.23. The Kier molecular flexibility index (Phi) is 3.13. The summed E-state index contributed by atoms with van der Waals surface area (Å²) in [6.07, 6.45) is 2.06. The highest BCUT2D eigenvalue weighted by Gasteiger charge is 2.17. The summed E-state index contributed by atoms with van der Waals surface area (Å²) in [5.41, 5.74) is 4.74. The maximum absolute atomic E-state index is 5.83. The maximum atomic E-state index is 5.83. The van der Waals surface area contributed by atoms with Crippen molar-refractivity contribution in [3.05, 3.63) is 46.6 Å². The zero-order valence-corrected chi connectivity index (χ0v) is 10.1. The molecule has 2 nitrogen and oxygen atoms in total. The first-order chi connectivity index (χ1) is 7.34. The molecule has 1 aromatic heterocycles. The van der Waals surface area contributed by atoms with Gasteiger partial charge in [0, 0.05) is 5.56 Å². The van der Waals surface area contributed by atoms with E-state index in [9.17, 15) is 0 Å². The second-order valence-corrected chi connectivity index (χ2v) is 4.09. The molecule has 0 radical (unpaired) electrons. The van der Waals surface area contributed by atoms with Gasteiger partial charge in [-0.15, -0.1) is 22.6 Å². The van der Waals surface area contributed by atoms with Crippen molar-refractivity contribution in [2.24, 2.45) is 0 Å². The number of aryl methyl sites for hydroxylation is 2. The third-order valence-electron chi connectivity index (χ3n) is 2.78. The summed E-state index contributed by atoms with van der Waals surface area (Å²) in [7, 11) is 0. The fourth-order valence-electron chi connectivity index (χ4n) is 2.06. The first kappa shape index (κ1) is 11.4. The van der Waals surface area contributed by atoms with Crippen molar-refractivity contribution in [2.45, 2.75) is 12.8 Å². The molecule has 1 aliphatic carbocycles. The molecule has 0 bridgehead atoms. The van der Waals surface area contributed by atoms with Crippen LogP contribution < -0.4 is 0 Å². The van der Waals surface area contributed by atoms with Crippen molar-refractivity contribution in [2.75, 3.05) is 0 Å². The minimum atomic E-state index is 0. The van der Waals surface area contributed by atoms with Crippen molar-refractivity contribution in [3.63, 3.8) is 0 Å². The molecular weight excluding hydrogens is 243 g/mol. The predicted molar refractivity (Wildman–Crippen MR) is 67.1 cm³/mol. The van der Waals surface area contributed by atoms with Crippen molar-refractivity contribution >= 4 is 24.0 Å². The molecule has 0 amide bonds. The molecule has 16 heavy (non-hydrogen) atoms. The van der Waals surface area contributed by atoms with E-state index in [0.29, 0.717) is 5.15 Å². The van der Waals surface area contributed by atoms with Gasteiger partial charge in [-0.2, -0.15) is 0 Å². The van der Waals surface area contributed by atoms with Gasteiger partial charge in [0.15, 0.2) is 5.15 Å². The van der Waals surface area contributed by atoms with Gasteiger partial charge >= 0.3 is 0 Å². The largest absolute Gasteiger partial charge is 0.152 e. The van der Waals surface area contributed by atoms with E-state index in [2.05, 4.69) is 28.4 Å². The van der Waals surface area contributed by atoms with Gasteiger partial charge < -0.3 is 0 Å². The van der Waals surface area contributed by atoms with Crippen LogP contribution in [0, 0.1) is 0 Å². The molecule has 4 heteroatoms. The fraction of sp³-hybridized carbons (Fsp3) is 0.167. The van der Waals surface area contributed by atoms with Gasteiger partial charge in [0.05, 0.1) is 5.69 Å². The number of rotatable bonds is 0. The Labute approximate surface area is 105 Å². The number of fused-ring (bicyclic) bond motifs is 3. The molecule has 1 heterocycles. The van der Waals surface area contributed by atoms with Crippen LogP contribution >= 0.6 is 24.0 Å². The first-order valence-corrected chi connectivity index (χ1v) is 5.33. The van der Waals surface area contributed by atoms with E-state index in [1.165, 1.54) is 16.7 Å². The smallest absolute Gasteiger partial charge is 0.149 e. The minimum Gasteiger partial charge on any atom is -0.149 e. The number of benzene rings is 1. The summed E-state index contributed by atoms with van der Waals surface area (Å²) in [5, 5.41) is 8.56. The average molecular weight is 253 g/mol. The van der Waals surface area contributed by atoms with E-state index in [4.69, 9.17) is 11.6 Å². The Bertz CT molecular complexity index is 526. The lowest BCUT2D eigenvalue weighted by Crippen LogP contribution is -2.06. The standard InChI is InChI=1S/C12H9ClN2.ClH/c13-11-7-9-6-5-8-3-1-2-4-10(8)12(9)15-14-11;/h1-4,7H,5-6H2;1H. The van der Waals surface area contributed by atoms with Crippen LogP contribution in [0.25, 0.3) is 11.3 Å². The second-order valence-electron chi connectivity index (χ2n) is 3.70. The van der Waals surface area contributed by atoms with Gasteiger partial charge in [0.25, 0.3) is 0 Å².